The van der Waals surface area contributed by atoms with Crippen LogP contribution in [0.1, 0.15) is 18.1 Å². The number of nitrogens with zero attached hydrogens (tertiary/aromatic N) is 5. The molecule has 160 valence electrons. The molecular weight excluding hydrogens is 394 g/mol. The summed E-state index contributed by atoms with van der Waals surface area (Å²) in [6, 6.07) is 9.71. The summed E-state index contributed by atoms with van der Waals surface area (Å²) < 4.78 is 11.4. The highest BCUT2D eigenvalue weighted by atomic mass is 16.5. The Labute approximate surface area is 181 Å². The highest BCUT2D eigenvalue weighted by Gasteiger charge is 2.23. The van der Waals surface area contributed by atoms with Gasteiger partial charge in [-0.2, -0.15) is 0 Å². The van der Waals surface area contributed by atoms with Crippen LogP contribution >= 0.6 is 0 Å². The molecule has 0 bridgehead atoms. The summed E-state index contributed by atoms with van der Waals surface area (Å²) in [6.07, 6.45) is 4.85. The Morgan fingerprint density at radius 2 is 2.03 bits per heavy atom. The Kier molecular flexibility index (Phi) is 6.37. The molecular formula is C23H25N5O3. The van der Waals surface area contributed by atoms with Crippen molar-refractivity contribution < 1.29 is 14.7 Å². The standard InChI is InChI=1S/C23H25N5O3/c1-3-31-20-15-25-23(18-6-4-5-9-24-18)27-22(20)21-16(2)7-8-19(17(21)14-26-29)28-10-12-30-13-11-28/h4-9,14-15,29H,3,10-13H2,1-2H3. The summed E-state index contributed by atoms with van der Waals surface area (Å²) in [6.45, 7) is 7.23. The first kappa shape index (κ1) is 20.7. The zero-order chi connectivity index (χ0) is 21.6. The van der Waals surface area contributed by atoms with Crippen LogP contribution in [0.4, 0.5) is 5.69 Å². The Hall–Kier alpha value is -3.52. The van der Waals surface area contributed by atoms with Crippen molar-refractivity contribution in [1.82, 2.24) is 15.0 Å². The monoisotopic (exact) mass is 419 g/mol. The number of pyridine rings is 1. The Balaban J connectivity index is 1.93. The third-order valence-corrected chi connectivity index (χ3v) is 5.16. The summed E-state index contributed by atoms with van der Waals surface area (Å²) in [7, 11) is 0. The zero-order valence-corrected chi connectivity index (χ0v) is 17.7. The molecule has 1 saturated heterocycles. The Bertz CT molecular complexity index is 1070. The molecule has 1 aliphatic rings. The number of hydrogen-bond donors (Lipinski definition) is 1. The van der Waals surface area contributed by atoms with Crippen LogP contribution < -0.4 is 9.64 Å². The van der Waals surface area contributed by atoms with E-state index in [-0.39, 0.29) is 0 Å². The van der Waals surface area contributed by atoms with Gasteiger partial charge in [0, 0.05) is 36.1 Å². The summed E-state index contributed by atoms with van der Waals surface area (Å²) in [4.78, 5) is 15.9. The number of benzene rings is 1. The van der Waals surface area contributed by atoms with E-state index < -0.39 is 0 Å². The van der Waals surface area contributed by atoms with Gasteiger partial charge in [0.2, 0.25) is 0 Å². The molecule has 0 amide bonds. The molecule has 0 aliphatic carbocycles. The molecule has 1 aromatic carbocycles. The van der Waals surface area contributed by atoms with Crippen LogP contribution in [0, 0.1) is 6.92 Å². The van der Waals surface area contributed by atoms with E-state index in [0.717, 1.165) is 35.5 Å². The number of oxime groups is 1. The van der Waals surface area contributed by atoms with Gasteiger partial charge in [0.15, 0.2) is 11.6 Å². The predicted molar refractivity (Wildman–Crippen MR) is 119 cm³/mol. The Morgan fingerprint density at radius 3 is 2.74 bits per heavy atom. The van der Waals surface area contributed by atoms with Crippen LogP contribution in [0.15, 0.2) is 47.9 Å². The summed E-state index contributed by atoms with van der Waals surface area (Å²) in [5.41, 5.74) is 4.87. The van der Waals surface area contributed by atoms with Crippen LogP contribution in [0.3, 0.4) is 0 Å². The molecule has 3 heterocycles. The molecule has 0 saturated carbocycles. The highest BCUT2D eigenvalue weighted by molar-refractivity contribution is 5.98. The number of aromatic nitrogens is 3. The van der Waals surface area contributed by atoms with Crippen LogP contribution in [-0.2, 0) is 4.74 Å². The molecule has 8 nitrogen and oxygen atoms in total. The van der Waals surface area contributed by atoms with E-state index in [1.807, 2.05) is 44.2 Å². The van der Waals surface area contributed by atoms with Crippen LogP contribution in [0.5, 0.6) is 5.75 Å². The number of hydrogen-bond acceptors (Lipinski definition) is 8. The van der Waals surface area contributed by atoms with E-state index >= 15 is 0 Å². The predicted octanol–water partition coefficient (Wildman–Crippen LogP) is 3.56. The van der Waals surface area contributed by atoms with E-state index in [9.17, 15) is 5.21 Å². The lowest BCUT2D eigenvalue weighted by molar-refractivity contribution is 0.122. The van der Waals surface area contributed by atoms with Gasteiger partial charge in [0.1, 0.15) is 11.4 Å². The average molecular weight is 419 g/mol. The molecule has 31 heavy (non-hydrogen) atoms. The molecule has 0 unspecified atom stereocenters. The Morgan fingerprint density at radius 1 is 1.19 bits per heavy atom. The van der Waals surface area contributed by atoms with E-state index in [4.69, 9.17) is 14.5 Å². The van der Waals surface area contributed by atoms with Crippen molar-refractivity contribution in [1.29, 1.82) is 0 Å². The maximum absolute atomic E-state index is 9.46. The fourth-order valence-electron chi connectivity index (χ4n) is 3.73. The topological polar surface area (TPSA) is 93.0 Å². The molecule has 1 aliphatic heterocycles. The number of aryl methyl sites for hydroxylation is 1. The highest BCUT2D eigenvalue weighted by Crippen LogP contribution is 2.38. The smallest absolute Gasteiger partial charge is 0.178 e. The van der Waals surface area contributed by atoms with E-state index in [1.165, 1.54) is 6.21 Å². The molecule has 0 atom stereocenters. The third kappa shape index (κ3) is 4.34. The fourth-order valence-corrected chi connectivity index (χ4v) is 3.73. The number of rotatable bonds is 6. The molecule has 2 aromatic heterocycles. The van der Waals surface area contributed by atoms with E-state index in [2.05, 4.69) is 20.0 Å². The SMILES string of the molecule is CCOc1cnc(-c2ccccn2)nc1-c1c(C)ccc(N2CCOCC2)c1C=NO. The minimum absolute atomic E-state index is 0.477. The lowest BCUT2D eigenvalue weighted by Crippen LogP contribution is -2.36. The summed E-state index contributed by atoms with van der Waals surface area (Å²) >= 11 is 0. The minimum Gasteiger partial charge on any atom is -0.490 e. The van der Waals surface area contributed by atoms with Gasteiger partial charge in [0.25, 0.3) is 0 Å². The van der Waals surface area contributed by atoms with Crippen molar-refractivity contribution in [2.24, 2.45) is 5.16 Å². The first-order valence-corrected chi connectivity index (χ1v) is 10.3. The molecule has 8 heteroatoms. The second-order valence-corrected chi connectivity index (χ2v) is 7.09. The number of anilines is 1. The van der Waals surface area contributed by atoms with Gasteiger partial charge in [-0.3, -0.25) is 4.98 Å². The molecule has 1 fully saturated rings. The lowest BCUT2D eigenvalue weighted by atomic mass is 9.96. The van der Waals surface area contributed by atoms with Gasteiger partial charge >= 0.3 is 0 Å². The maximum Gasteiger partial charge on any atom is 0.178 e. The normalized spacial score (nSPS) is 14.2. The van der Waals surface area contributed by atoms with Crippen molar-refractivity contribution in [3.8, 4) is 28.5 Å². The van der Waals surface area contributed by atoms with Crippen molar-refractivity contribution in [2.75, 3.05) is 37.8 Å². The van der Waals surface area contributed by atoms with Gasteiger partial charge in [-0.25, -0.2) is 9.97 Å². The van der Waals surface area contributed by atoms with Crippen molar-refractivity contribution in [3.63, 3.8) is 0 Å². The van der Waals surface area contributed by atoms with E-state index in [1.54, 1.807) is 12.4 Å². The fraction of sp³-hybridized carbons (Fsp3) is 0.304. The second kappa shape index (κ2) is 9.53. The van der Waals surface area contributed by atoms with Crippen LogP contribution in [0.25, 0.3) is 22.8 Å². The molecule has 1 N–H and O–H groups in total. The van der Waals surface area contributed by atoms with Crippen molar-refractivity contribution in [3.05, 3.63) is 53.9 Å². The van der Waals surface area contributed by atoms with Crippen molar-refractivity contribution in [2.45, 2.75) is 13.8 Å². The van der Waals surface area contributed by atoms with Crippen LogP contribution in [0.2, 0.25) is 0 Å². The third-order valence-electron chi connectivity index (χ3n) is 5.16. The van der Waals surface area contributed by atoms with Gasteiger partial charge in [-0.1, -0.05) is 17.3 Å². The number of ether oxygens (including phenoxy) is 2. The molecule has 0 spiro atoms. The quantitative estimate of drug-likeness (QED) is 0.371. The van der Waals surface area contributed by atoms with E-state index in [0.29, 0.717) is 42.8 Å². The van der Waals surface area contributed by atoms with Crippen LogP contribution in [-0.4, -0.2) is 59.3 Å². The summed E-state index contributed by atoms with van der Waals surface area (Å²) in [5, 5.41) is 12.8. The maximum atomic E-state index is 9.46. The van der Waals surface area contributed by atoms with Gasteiger partial charge in [0.05, 0.1) is 32.2 Å². The summed E-state index contributed by atoms with van der Waals surface area (Å²) in [5.74, 6) is 1.07. The molecule has 4 rings (SSSR count). The molecule has 0 radical (unpaired) electrons. The van der Waals surface area contributed by atoms with Crippen molar-refractivity contribution >= 4 is 11.9 Å². The largest absolute Gasteiger partial charge is 0.490 e. The lowest BCUT2D eigenvalue weighted by Gasteiger charge is -2.31. The zero-order valence-electron chi connectivity index (χ0n) is 17.7. The first-order chi connectivity index (χ1) is 15.2. The first-order valence-electron chi connectivity index (χ1n) is 10.3. The average Bonchev–Trinajstić information content (AvgIpc) is 2.81. The van der Waals surface area contributed by atoms with Gasteiger partial charge in [-0.05, 0) is 37.6 Å². The minimum atomic E-state index is 0.477. The number of morpholine rings is 1. The van der Waals surface area contributed by atoms with Gasteiger partial charge in [-0.15, -0.1) is 0 Å². The van der Waals surface area contributed by atoms with Gasteiger partial charge < -0.3 is 19.6 Å². The second-order valence-electron chi connectivity index (χ2n) is 7.09. The molecule has 3 aromatic rings.